The average molecular weight is 323 g/mol. The average Bonchev–Trinajstić information content (AvgIpc) is 2.48. The lowest BCUT2D eigenvalue weighted by atomic mass is 10.1. The standard InChI is InChI=1S/C15H12ClFN2OS/c16-11-3-1-9(7-12(11)17)15(20)19-5-6-21-14-4-2-10(18)8-13(14)19/h1-4,7-8H,5-6,18H2. The molecule has 0 radical (unpaired) electrons. The molecule has 2 N–H and O–H groups in total. The molecule has 0 unspecified atom stereocenters. The summed E-state index contributed by atoms with van der Waals surface area (Å²) < 4.78 is 13.5. The Balaban J connectivity index is 1.99. The van der Waals surface area contributed by atoms with E-state index in [9.17, 15) is 9.18 Å². The molecular weight excluding hydrogens is 311 g/mol. The monoisotopic (exact) mass is 322 g/mol. The number of rotatable bonds is 1. The number of thioether (sulfide) groups is 1. The summed E-state index contributed by atoms with van der Waals surface area (Å²) in [5.41, 5.74) is 7.44. The van der Waals surface area contributed by atoms with Crippen LogP contribution in [-0.4, -0.2) is 18.2 Å². The highest BCUT2D eigenvalue weighted by atomic mass is 35.5. The molecule has 1 amide bonds. The molecule has 1 aliphatic heterocycles. The molecule has 0 saturated carbocycles. The lowest BCUT2D eigenvalue weighted by Gasteiger charge is -2.29. The van der Waals surface area contributed by atoms with Crippen LogP contribution in [0.2, 0.25) is 5.02 Å². The lowest BCUT2D eigenvalue weighted by molar-refractivity contribution is 0.0987. The number of hydrogen-bond acceptors (Lipinski definition) is 3. The van der Waals surface area contributed by atoms with Crippen molar-refractivity contribution in [1.82, 2.24) is 0 Å². The molecule has 0 aromatic heterocycles. The van der Waals surface area contributed by atoms with Crippen LogP contribution in [-0.2, 0) is 0 Å². The minimum Gasteiger partial charge on any atom is -0.399 e. The smallest absolute Gasteiger partial charge is 0.258 e. The van der Waals surface area contributed by atoms with Crippen molar-refractivity contribution < 1.29 is 9.18 Å². The van der Waals surface area contributed by atoms with Gasteiger partial charge in [0.15, 0.2) is 0 Å². The summed E-state index contributed by atoms with van der Waals surface area (Å²) in [6.45, 7) is 0.560. The zero-order chi connectivity index (χ0) is 15.0. The van der Waals surface area contributed by atoms with Crippen LogP contribution in [0.5, 0.6) is 0 Å². The SMILES string of the molecule is Nc1ccc2c(c1)N(C(=O)c1ccc(Cl)c(F)c1)CCS2. The van der Waals surface area contributed by atoms with Crippen molar-refractivity contribution in [2.75, 3.05) is 22.9 Å². The highest BCUT2D eigenvalue weighted by molar-refractivity contribution is 7.99. The van der Waals surface area contributed by atoms with Gasteiger partial charge in [0.25, 0.3) is 5.91 Å². The number of carbonyl (C=O) groups is 1. The number of amides is 1. The van der Waals surface area contributed by atoms with E-state index in [0.717, 1.165) is 16.3 Å². The molecule has 2 aromatic carbocycles. The summed E-state index contributed by atoms with van der Waals surface area (Å²) in [6.07, 6.45) is 0. The van der Waals surface area contributed by atoms with E-state index >= 15 is 0 Å². The Kier molecular flexibility index (Phi) is 3.78. The van der Waals surface area contributed by atoms with Gasteiger partial charge in [0.05, 0.1) is 10.7 Å². The fourth-order valence-electron chi connectivity index (χ4n) is 2.23. The van der Waals surface area contributed by atoms with Gasteiger partial charge in [0, 0.05) is 28.4 Å². The van der Waals surface area contributed by atoms with Gasteiger partial charge in [0.2, 0.25) is 0 Å². The zero-order valence-corrected chi connectivity index (χ0v) is 12.5. The molecule has 2 aromatic rings. The number of anilines is 2. The highest BCUT2D eigenvalue weighted by Gasteiger charge is 2.24. The molecule has 0 fully saturated rings. The molecule has 0 saturated heterocycles. The van der Waals surface area contributed by atoms with E-state index in [-0.39, 0.29) is 16.5 Å². The Morgan fingerprint density at radius 2 is 2.10 bits per heavy atom. The van der Waals surface area contributed by atoms with Crippen LogP contribution in [0.3, 0.4) is 0 Å². The third kappa shape index (κ3) is 2.71. The Morgan fingerprint density at radius 3 is 2.86 bits per heavy atom. The summed E-state index contributed by atoms with van der Waals surface area (Å²) in [5, 5.41) is 0.00499. The molecule has 0 aliphatic carbocycles. The van der Waals surface area contributed by atoms with Crippen molar-refractivity contribution >= 4 is 40.6 Å². The van der Waals surface area contributed by atoms with E-state index in [1.165, 1.54) is 18.2 Å². The second kappa shape index (κ2) is 5.58. The summed E-state index contributed by atoms with van der Waals surface area (Å²) in [5.74, 6) is -0.0574. The normalized spacial score (nSPS) is 13.9. The molecule has 3 rings (SSSR count). The van der Waals surface area contributed by atoms with E-state index in [2.05, 4.69) is 0 Å². The summed E-state index contributed by atoms with van der Waals surface area (Å²) in [7, 11) is 0. The van der Waals surface area contributed by atoms with E-state index in [0.29, 0.717) is 12.2 Å². The maximum absolute atomic E-state index is 13.5. The number of benzene rings is 2. The number of nitrogen functional groups attached to an aromatic ring is 1. The van der Waals surface area contributed by atoms with Crippen molar-refractivity contribution in [2.24, 2.45) is 0 Å². The number of carbonyl (C=O) groups excluding carboxylic acids is 1. The van der Waals surface area contributed by atoms with Crippen LogP contribution in [0.1, 0.15) is 10.4 Å². The van der Waals surface area contributed by atoms with Gasteiger partial charge >= 0.3 is 0 Å². The number of nitrogens with two attached hydrogens (primary N) is 1. The Labute approximate surface area is 130 Å². The third-order valence-corrected chi connectivity index (χ3v) is 4.61. The van der Waals surface area contributed by atoms with Crippen LogP contribution in [0.15, 0.2) is 41.3 Å². The first kappa shape index (κ1) is 14.2. The van der Waals surface area contributed by atoms with Crippen molar-refractivity contribution in [3.05, 3.63) is 52.8 Å². The van der Waals surface area contributed by atoms with Crippen molar-refractivity contribution in [1.29, 1.82) is 0 Å². The summed E-state index contributed by atoms with van der Waals surface area (Å²) in [6, 6.07) is 9.56. The molecule has 3 nitrogen and oxygen atoms in total. The van der Waals surface area contributed by atoms with Gasteiger partial charge in [-0.25, -0.2) is 4.39 Å². The number of halogens is 2. The van der Waals surface area contributed by atoms with Crippen LogP contribution in [0.4, 0.5) is 15.8 Å². The zero-order valence-electron chi connectivity index (χ0n) is 11.0. The minimum absolute atomic E-state index is 0.00499. The minimum atomic E-state index is -0.596. The first-order valence-corrected chi connectivity index (χ1v) is 7.72. The third-order valence-electron chi connectivity index (χ3n) is 3.26. The Morgan fingerprint density at radius 1 is 1.29 bits per heavy atom. The first-order chi connectivity index (χ1) is 10.1. The van der Waals surface area contributed by atoms with Gasteiger partial charge < -0.3 is 10.6 Å². The number of nitrogens with zero attached hydrogens (tertiary/aromatic N) is 1. The fraction of sp³-hybridized carbons (Fsp3) is 0.133. The molecule has 21 heavy (non-hydrogen) atoms. The summed E-state index contributed by atoms with van der Waals surface area (Å²) >= 11 is 7.33. The Hall–Kier alpha value is -1.72. The molecule has 1 aliphatic rings. The highest BCUT2D eigenvalue weighted by Crippen LogP contribution is 2.36. The van der Waals surface area contributed by atoms with Crippen molar-refractivity contribution in [3.63, 3.8) is 0 Å². The topological polar surface area (TPSA) is 46.3 Å². The number of fused-ring (bicyclic) bond motifs is 1. The maximum atomic E-state index is 13.5. The molecule has 1 heterocycles. The van der Waals surface area contributed by atoms with E-state index < -0.39 is 5.82 Å². The van der Waals surface area contributed by atoms with Gasteiger partial charge in [-0.15, -0.1) is 11.8 Å². The molecule has 0 atom stereocenters. The van der Waals surface area contributed by atoms with Crippen LogP contribution in [0, 0.1) is 5.82 Å². The number of hydrogen-bond donors (Lipinski definition) is 1. The van der Waals surface area contributed by atoms with Crippen molar-refractivity contribution in [3.8, 4) is 0 Å². The second-order valence-corrected chi connectivity index (χ2v) is 6.21. The van der Waals surface area contributed by atoms with Gasteiger partial charge in [-0.1, -0.05) is 11.6 Å². The predicted octanol–water partition coefficient (Wildman–Crippen LogP) is 3.81. The molecule has 6 heteroatoms. The van der Waals surface area contributed by atoms with Gasteiger partial charge in [0.1, 0.15) is 5.82 Å². The predicted molar refractivity (Wildman–Crippen MR) is 84.7 cm³/mol. The lowest BCUT2D eigenvalue weighted by Crippen LogP contribution is -2.35. The van der Waals surface area contributed by atoms with Crippen molar-refractivity contribution in [2.45, 2.75) is 4.90 Å². The van der Waals surface area contributed by atoms with E-state index in [1.807, 2.05) is 12.1 Å². The molecular formula is C15H12ClFN2OS. The maximum Gasteiger partial charge on any atom is 0.258 e. The Bertz CT molecular complexity index is 723. The summed E-state index contributed by atoms with van der Waals surface area (Å²) in [4.78, 5) is 15.2. The fourth-order valence-corrected chi connectivity index (χ4v) is 3.32. The quantitative estimate of drug-likeness (QED) is 0.812. The van der Waals surface area contributed by atoms with Crippen LogP contribution < -0.4 is 10.6 Å². The van der Waals surface area contributed by atoms with Gasteiger partial charge in [-0.3, -0.25) is 4.79 Å². The van der Waals surface area contributed by atoms with E-state index in [4.69, 9.17) is 17.3 Å². The molecule has 0 bridgehead atoms. The van der Waals surface area contributed by atoms with E-state index in [1.54, 1.807) is 22.7 Å². The van der Waals surface area contributed by atoms with Crippen LogP contribution >= 0.6 is 23.4 Å². The van der Waals surface area contributed by atoms with Gasteiger partial charge in [-0.05, 0) is 36.4 Å². The second-order valence-electron chi connectivity index (χ2n) is 4.66. The largest absolute Gasteiger partial charge is 0.399 e. The van der Waals surface area contributed by atoms with Crippen LogP contribution in [0.25, 0.3) is 0 Å². The molecule has 108 valence electrons. The first-order valence-electron chi connectivity index (χ1n) is 6.35. The van der Waals surface area contributed by atoms with Gasteiger partial charge in [-0.2, -0.15) is 0 Å². The molecule has 0 spiro atoms.